The van der Waals surface area contributed by atoms with Crippen molar-refractivity contribution >= 4 is 23.3 Å². The number of benzene rings is 2. The predicted molar refractivity (Wildman–Crippen MR) is 124 cm³/mol. The lowest BCUT2D eigenvalue weighted by molar-refractivity contribution is -0.165. The molecule has 3 atom stereocenters. The molecule has 0 unspecified atom stereocenters. The van der Waals surface area contributed by atoms with Gasteiger partial charge in [0.1, 0.15) is 0 Å². The minimum Gasteiger partial charge on any atom is -0.465 e. The maximum atomic E-state index is 13.0. The van der Waals surface area contributed by atoms with Crippen LogP contribution >= 0.6 is 0 Å². The second kappa shape index (κ2) is 11.5. The molecule has 1 aliphatic heterocycles. The zero-order valence-corrected chi connectivity index (χ0v) is 18.8. The van der Waals surface area contributed by atoms with Gasteiger partial charge in [-0.1, -0.05) is 24.3 Å². The number of hydrogen-bond acceptors (Lipinski definition) is 7. The molecule has 0 spiro atoms. The SMILES string of the molecule is CCO[C@H]1OC(C(=O)Nc2ccccc2N)=C[C@@H](c2ccc(C(=O)OC)cc2)[C@@H]1CCCO. The van der Waals surface area contributed by atoms with Crippen LogP contribution in [0.3, 0.4) is 0 Å². The molecular weight excluding hydrogens is 424 g/mol. The number of carbonyl (C=O) groups excluding carboxylic acids is 2. The van der Waals surface area contributed by atoms with Crippen molar-refractivity contribution in [3.63, 3.8) is 0 Å². The average Bonchev–Trinajstić information content (AvgIpc) is 2.84. The third-order valence-corrected chi connectivity index (χ3v) is 5.56. The van der Waals surface area contributed by atoms with Gasteiger partial charge in [0.15, 0.2) is 5.76 Å². The van der Waals surface area contributed by atoms with Crippen molar-refractivity contribution in [1.29, 1.82) is 0 Å². The molecule has 8 heteroatoms. The molecule has 8 nitrogen and oxygen atoms in total. The Labute approximate surface area is 193 Å². The number of esters is 1. The quantitative estimate of drug-likeness (QED) is 0.392. The largest absolute Gasteiger partial charge is 0.465 e. The molecule has 0 aromatic heterocycles. The highest BCUT2D eigenvalue weighted by molar-refractivity contribution is 6.04. The molecule has 4 N–H and O–H groups in total. The van der Waals surface area contributed by atoms with Crippen molar-refractivity contribution in [2.75, 3.05) is 31.4 Å². The number of nitrogens with two attached hydrogens (primary N) is 1. The van der Waals surface area contributed by atoms with E-state index >= 15 is 0 Å². The van der Waals surface area contributed by atoms with E-state index in [1.165, 1.54) is 7.11 Å². The van der Waals surface area contributed by atoms with Crippen LogP contribution in [0.1, 0.15) is 41.6 Å². The van der Waals surface area contributed by atoms with E-state index in [4.69, 9.17) is 19.9 Å². The Morgan fingerprint density at radius 3 is 2.52 bits per heavy atom. The van der Waals surface area contributed by atoms with Gasteiger partial charge in [0.05, 0.1) is 24.0 Å². The topological polar surface area (TPSA) is 120 Å². The molecular formula is C25H30N2O6. The first-order valence-electron chi connectivity index (χ1n) is 10.9. The average molecular weight is 455 g/mol. The van der Waals surface area contributed by atoms with Gasteiger partial charge in [-0.15, -0.1) is 0 Å². The van der Waals surface area contributed by atoms with Crippen LogP contribution in [0.2, 0.25) is 0 Å². The third-order valence-electron chi connectivity index (χ3n) is 5.56. The standard InChI is InChI=1S/C25H30N2O6/c1-3-32-25-18(7-6-14-28)19(16-10-12-17(13-11-16)24(30)31-2)15-22(33-25)23(29)27-21-9-5-4-8-20(21)26/h4-5,8-13,15,18-19,25,28H,3,6-7,14,26H2,1-2H3,(H,27,29)/t18-,19-,25-/m0/s1. The van der Waals surface area contributed by atoms with Gasteiger partial charge in [0, 0.05) is 25.0 Å². The molecule has 2 aromatic rings. The third kappa shape index (κ3) is 5.91. The molecule has 0 fully saturated rings. The number of nitrogens with one attached hydrogen (secondary N) is 1. The number of amides is 1. The van der Waals surface area contributed by atoms with Crippen molar-refractivity contribution in [1.82, 2.24) is 0 Å². The van der Waals surface area contributed by atoms with E-state index < -0.39 is 18.2 Å². The molecule has 3 rings (SSSR count). The normalized spacial score (nSPS) is 19.8. The summed E-state index contributed by atoms with van der Waals surface area (Å²) in [5.41, 5.74) is 8.21. The van der Waals surface area contributed by atoms with Gasteiger partial charge in [-0.3, -0.25) is 4.79 Å². The lowest BCUT2D eigenvalue weighted by Crippen LogP contribution is -2.37. The highest BCUT2D eigenvalue weighted by Crippen LogP contribution is 2.39. The number of hydrogen-bond donors (Lipinski definition) is 3. The first kappa shape index (κ1) is 24.3. The van der Waals surface area contributed by atoms with E-state index in [0.29, 0.717) is 36.4 Å². The maximum absolute atomic E-state index is 13.0. The molecule has 0 bridgehead atoms. The van der Waals surface area contributed by atoms with E-state index in [2.05, 4.69) is 5.32 Å². The van der Waals surface area contributed by atoms with Crippen LogP contribution in [-0.2, 0) is 19.0 Å². The zero-order chi connectivity index (χ0) is 23.8. The van der Waals surface area contributed by atoms with Crippen LogP contribution in [0.15, 0.2) is 60.4 Å². The zero-order valence-electron chi connectivity index (χ0n) is 18.8. The minimum absolute atomic E-state index is 0.0354. The first-order valence-corrected chi connectivity index (χ1v) is 10.9. The van der Waals surface area contributed by atoms with Gasteiger partial charge in [-0.05, 0) is 55.7 Å². The Morgan fingerprint density at radius 2 is 1.88 bits per heavy atom. The van der Waals surface area contributed by atoms with Crippen molar-refractivity contribution in [2.45, 2.75) is 32.0 Å². The molecule has 1 heterocycles. The number of allylic oxidation sites excluding steroid dienone is 1. The van der Waals surface area contributed by atoms with Gasteiger partial charge in [0.25, 0.3) is 5.91 Å². The fraction of sp³-hybridized carbons (Fsp3) is 0.360. The van der Waals surface area contributed by atoms with Crippen molar-refractivity contribution in [3.8, 4) is 0 Å². The number of para-hydroxylation sites is 2. The number of anilines is 2. The monoisotopic (exact) mass is 454 g/mol. The summed E-state index contributed by atoms with van der Waals surface area (Å²) in [5, 5.41) is 12.2. The number of ether oxygens (including phenoxy) is 3. The van der Waals surface area contributed by atoms with E-state index in [9.17, 15) is 14.7 Å². The molecule has 176 valence electrons. The summed E-state index contributed by atoms with van der Waals surface area (Å²) in [5.74, 6) is -1.11. The summed E-state index contributed by atoms with van der Waals surface area (Å²) in [6.07, 6.45) is 2.27. The molecule has 0 radical (unpaired) electrons. The fourth-order valence-corrected chi connectivity index (χ4v) is 3.90. The van der Waals surface area contributed by atoms with Gasteiger partial charge in [-0.25, -0.2) is 4.79 Å². The summed E-state index contributed by atoms with van der Waals surface area (Å²) >= 11 is 0. The van der Waals surface area contributed by atoms with E-state index in [1.807, 2.05) is 19.1 Å². The van der Waals surface area contributed by atoms with E-state index in [0.717, 1.165) is 5.56 Å². The van der Waals surface area contributed by atoms with Crippen LogP contribution in [0.5, 0.6) is 0 Å². The Balaban J connectivity index is 1.95. The lowest BCUT2D eigenvalue weighted by atomic mass is 9.80. The van der Waals surface area contributed by atoms with Crippen LogP contribution in [0, 0.1) is 5.92 Å². The molecule has 0 saturated heterocycles. The number of aliphatic hydroxyl groups is 1. The van der Waals surface area contributed by atoms with Gasteiger partial charge >= 0.3 is 5.97 Å². The minimum atomic E-state index is -0.675. The summed E-state index contributed by atoms with van der Waals surface area (Å²) in [4.78, 5) is 24.9. The van der Waals surface area contributed by atoms with Crippen molar-refractivity contribution in [2.24, 2.45) is 5.92 Å². The summed E-state index contributed by atoms with van der Waals surface area (Å²) in [6.45, 7) is 2.29. The number of nitrogen functional groups attached to an aromatic ring is 1. The maximum Gasteiger partial charge on any atom is 0.337 e. The Morgan fingerprint density at radius 1 is 1.15 bits per heavy atom. The van der Waals surface area contributed by atoms with Gasteiger partial charge in [0.2, 0.25) is 6.29 Å². The fourth-order valence-electron chi connectivity index (χ4n) is 3.90. The first-order chi connectivity index (χ1) is 16.0. The Bertz CT molecular complexity index is 989. The highest BCUT2D eigenvalue weighted by Gasteiger charge is 2.38. The lowest BCUT2D eigenvalue weighted by Gasteiger charge is -2.37. The molecule has 33 heavy (non-hydrogen) atoms. The number of aliphatic hydroxyl groups excluding tert-OH is 1. The molecule has 0 aliphatic carbocycles. The van der Waals surface area contributed by atoms with Gasteiger partial charge < -0.3 is 30.4 Å². The summed E-state index contributed by atoms with van der Waals surface area (Å²) < 4.78 is 16.6. The van der Waals surface area contributed by atoms with Crippen LogP contribution in [-0.4, -0.2) is 43.6 Å². The van der Waals surface area contributed by atoms with Crippen LogP contribution < -0.4 is 11.1 Å². The smallest absolute Gasteiger partial charge is 0.337 e. The van der Waals surface area contributed by atoms with Crippen molar-refractivity contribution in [3.05, 3.63) is 71.5 Å². The number of rotatable bonds is 9. The summed E-state index contributed by atoms with van der Waals surface area (Å²) in [7, 11) is 1.33. The molecule has 1 aliphatic rings. The molecule has 1 amide bonds. The van der Waals surface area contributed by atoms with Gasteiger partial charge in [-0.2, -0.15) is 0 Å². The Hall–Kier alpha value is -3.36. The van der Waals surface area contributed by atoms with E-state index in [1.54, 1.807) is 42.5 Å². The predicted octanol–water partition coefficient (Wildman–Crippen LogP) is 3.44. The molecule has 0 saturated carbocycles. The van der Waals surface area contributed by atoms with Crippen LogP contribution in [0.25, 0.3) is 0 Å². The van der Waals surface area contributed by atoms with Crippen molar-refractivity contribution < 1.29 is 28.9 Å². The Kier molecular flexibility index (Phi) is 8.46. The summed E-state index contributed by atoms with van der Waals surface area (Å²) in [6, 6.07) is 14.0. The number of carbonyl (C=O) groups is 2. The molecule has 2 aromatic carbocycles. The van der Waals surface area contributed by atoms with E-state index in [-0.39, 0.29) is 24.2 Å². The van der Waals surface area contributed by atoms with Crippen LogP contribution in [0.4, 0.5) is 11.4 Å². The number of methoxy groups -OCH3 is 1. The highest BCUT2D eigenvalue weighted by atomic mass is 16.7. The second-order valence-electron chi connectivity index (χ2n) is 7.68. The second-order valence-corrected chi connectivity index (χ2v) is 7.68.